The van der Waals surface area contributed by atoms with Gasteiger partial charge in [0.15, 0.2) is 11.6 Å². The number of nitrogens with zero attached hydrogens (tertiary/aromatic N) is 6. The topological polar surface area (TPSA) is 109 Å². The van der Waals surface area contributed by atoms with Crippen LogP contribution in [-0.4, -0.2) is 67.9 Å². The Labute approximate surface area is 201 Å². The lowest BCUT2D eigenvalue weighted by Gasteiger charge is -2.47. The van der Waals surface area contributed by atoms with Gasteiger partial charge in [-0.1, -0.05) is 6.07 Å². The number of ether oxygens (including phenoxy) is 1. The number of aromatic hydroxyl groups is 1. The number of methoxy groups -OCH3 is 1. The van der Waals surface area contributed by atoms with Crippen molar-refractivity contribution in [1.29, 1.82) is 0 Å². The van der Waals surface area contributed by atoms with Gasteiger partial charge < -0.3 is 20.1 Å². The van der Waals surface area contributed by atoms with E-state index in [0.29, 0.717) is 28.9 Å². The molecule has 0 radical (unpaired) electrons. The van der Waals surface area contributed by atoms with Crippen molar-refractivity contribution in [3.8, 4) is 34.1 Å². The summed E-state index contributed by atoms with van der Waals surface area (Å²) in [5.74, 6) is 0.399. The van der Waals surface area contributed by atoms with Gasteiger partial charge in [-0.3, -0.25) is 0 Å². The average Bonchev–Trinajstić information content (AvgIpc) is 3.12. The number of rotatable bonds is 5. The summed E-state index contributed by atoms with van der Waals surface area (Å²) in [7, 11) is -0.850. The molecule has 0 spiro atoms. The maximum Gasteiger partial charge on any atom is 0.233 e. The maximum atomic E-state index is 15.5. The van der Waals surface area contributed by atoms with E-state index in [0.717, 1.165) is 12.8 Å². The molecule has 0 saturated carbocycles. The van der Waals surface area contributed by atoms with Crippen LogP contribution in [0.15, 0.2) is 36.7 Å². The highest BCUT2D eigenvalue weighted by Gasteiger charge is 2.56. The summed E-state index contributed by atoms with van der Waals surface area (Å²) in [5.41, 5.74) is 0.743. The molecular formula is C24H28FN7O2. The van der Waals surface area contributed by atoms with Crippen LogP contribution in [0.25, 0.3) is 22.5 Å². The molecule has 9 nitrogen and oxygen atoms in total. The molecule has 178 valence electrons. The summed E-state index contributed by atoms with van der Waals surface area (Å²) >= 11 is 0. The smallest absolute Gasteiger partial charge is 0.233 e. The monoisotopic (exact) mass is 468 g/mol. The Kier molecular flexibility index (Phi) is 4.53. The lowest BCUT2D eigenvalue weighted by atomic mass is 9.82. The summed E-state index contributed by atoms with van der Waals surface area (Å²) in [6.07, 6.45) is 4.25. The molecule has 2 aliphatic rings. The van der Waals surface area contributed by atoms with Gasteiger partial charge in [-0.2, -0.15) is 5.10 Å². The van der Waals surface area contributed by atoms with Crippen molar-refractivity contribution >= 4 is 5.82 Å². The highest BCUT2D eigenvalue weighted by atomic mass is 19.1. The van der Waals surface area contributed by atoms with E-state index in [1.807, 2.05) is 6.92 Å². The van der Waals surface area contributed by atoms with Crippen LogP contribution < -0.4 is 15.0 Å². The number of hydrogen-bond donors (Lipinski definition) is 2. The fourth-order valence-corrected chi connectivity index (χ4v) is 5.21. The number of alkyl halides is 1. The largest absolute Gasteiger partial charge is 0.507 e. The molecule has 10 heteroatoms. The van der Waals surface area contributed by atoms with Crippen molar-refractivity contribution in [3.05, 3.63) is 36.7 Å². The third kappa shape index (κ3) is 3.81. The van der Waals surface area contributed by atoms with E-state index in [2.05, 4.69) is 37.6 Å². The van der Waals surface area contributed by atoms with E-state index in [-0.39, 0.29) is 29.0 Å². The highest BCUT2D eigenvalue weighted by Crippen LogP contribution is 2.45. The Morgan fingerprint density at radius 2 is 2.03 bits per heavy atom. The number of hydrogen-bond acceptors (Lipinski definition) is 9. The van der Waals surface area contributed by atoms with Crippen LogP contribution in [0.4, 0.5) is 10.2 Å². The molecular weight excluding hydrogens is 437 g/mol. The van der Waals surface area contributed by atoms with Crippen molar-refractivity contribution in [2.75, 3.05) is 19.0 Å². The Balaban J connectivity index is 1.35. The van der Waals surface area contributed by atoms with E-state index >= 15 is 4.39 Å². The Morgan fingerprint density at radius 1 is 1.18 bits per heavy atom. The second-order valence-electron chi connectivity index (χ2n) is 9.64. The first-order valence-corrected chi connectivity index (χ1v) is 11.1. The van der Waals surface area contributed by atoms with Gasteiger partial charge in [-0.15, -0.1) is 15.3 Å². The van der Waals surface area contributed by atoms with Crippen molar-refractivity contribution in [1.82, 2.24) is 30.7 Å². The lowest BCUT2D eigenvalue weighted by molar-refractivity contribution is 0.0859. The molecule has 2 saturated heterocycles. The van der Waals surface area contributed by atoms with Crippen molar-refractivity contribution < 1.29 is 18.3 Å². The lowest BCUT2D eigenvalue weighted by Crippen LogP contribution is -2.65. The minimum atomic E-state index is -2.65. The minimum absolute atomic E-state index is 0.102. The molecule has 0 unspecified atom stereocenters. The van der Waals surface area contributed by atoms with Crippen molar-refractivity contribution in [3.63, 3.8) is 0 Å². The first-order chi connectivity index (χ1) is 17.4. The van der Waals surface area contributed by atoms with Gasteiger partial charge in [0.05, 0.1) is 35.1 Å². The van der Waals surface area contributed by atoms with Crippen LogP contribution in [0.3, 0.4) is 0 Å². The standard InChI is InChI=1S/C24H28FN7O2/c1-23-7-8-24(2,31-23)21(25)17(11-23)32(3)19-13-26-22(30-28-19)16-6-5-14(9-18(16)33)15-10-20(34-4)29-27-12-15/h5-6,9-10,12-13,17,21,31,33H,7-8,11H2,1-4H3/t17-,21-,23-,24+/m0/s1/i4D3. The molecule has 5 rings (SSSR count). The zero-order chi connectivity index (χ0) is 26.6. The summed E-state index contributed by atoms with van der Waals surface area (Å²) in [4.78, 5) is 6.18. The van der Waals surface area contributed by atoms with Crippen LogP contribution in [0.1, 0.15) is 37.2 Å². The molecule has 2 fully saturated rings. The molecule has 1 aromatic carbocycles. The predicted molar refractivity (Wildman–Crippen MR) is 125 cm³/mol. The molecule has 0 amide bonds. The molecule has 2 N–H and O–H groups in total. The van der Waals surface area contributed by atoms with Crippen molar-refractivity contribution in [2.45, 2.75) is 56.4 Å². The predicted octanol–water partition coefficient (Wildman–Crippen LogP) is 3.16. The number of nitrogens with one attached hydrogen (secondary N) is 1. The average molecular weight is 469 g/mol. The summed E-state index contributed by atoms with van der Waals surface area (Å²) in [5, 5.41) is 30.0. The Hall–Kier alpha value is -3.40. The fourth-order valence-electron chi connectivity index (χ4n) is 5.21. The molecule has 2 bridgehead atoms. The first-order valence-electron chi connectivity index (χ1n) is 12.6. The maximum absolute atomic E-state index is 15.5. The number of anilines is 1. The van der Waals surface area contributed by atoms with Gasteiger partial charge >= 0.3 is 0 Å². The summed E-state index contributed by atoms with van der Waals surface area (Å²) in [6.45, 7) is 4.07. The van der Waals surface area contributed by atoms with Gasteiger partial charge in [0.2, 0.25) is 5.88 Å². The first kappa shape index (κ1) is 19.0. The van der Waals surface area contributed by atoms with E-state index < -0.39 is 18.7 Å². The third-order valence-corrected chi connectivity index (χ3v) is 7.11. The van der Waals surface area contributed by atoms with Gasteiger partial charge in [0.25, 0.3) is 0 Å². The third-order valence-electron chi connectivity index (χ3n) is 7.11. The zero-order valence-corrected chi connectivity index (χ0v) is 19.2. The van der Waals surface area contributed by atoms with E-state index in [1.54, 1.807) is 24.1 Å². The number of piperidine rings is 1. The normalized spacial score (nSPS) is 29.7. The SMILES string of the molecule is [2H]C([2H])([2H])Oc1cc(-c2ccc(-c3ncc(N(C)[C@H]4C[C@]5(C)CC[C@@](C)(N5)[C@H]4F)nn3)c(O)c2)cnn1. The number of benzene rings is 1. The highest BCUT2D eigenvalue weighted by molar-refractivity contribution is 5.72. The number of phenols is 1. The van der Waals surface area contributed by atoms with Gasteiger partial charge in [0.1, 0.15) is 11.9 Å². The molecule has 2 aliphatic heterocycles. The van der Waals surface area contributed by atoms with Crippen LogP contribution >= 0.6 is 0 Å². The van der Waals surface area contributed by atoms with Crippen LogP contribution in [0.5, 0.6) is 11.6 Å². The van der Waals surface area contributed by atoms with Crippen molar-refractivity contribution in [2.24, 2.45) is 0 Å². The number of phenolic OH excluding ortho intramolecular Hbond substituents is 1. The van der Waals surface area contributed by atoms with E-state index in [1.165, 1.54) is 24.5 Å². The molecule has 0 aliphatic carbocycles. The molecule has 34 heavy (non-hydrogen) atoms. The minimum Gasteiger partial charge on any atom is -0.507 e. The number of fused-ring (bicyclic) bond motifs is 2. The summed E-state index contributed by atoms with van der Waals surface area (Å²) < 4.78 is 41.9. The van der Waals surface area contributed by atoms with Crippen LogP contribution in [-0.2, 0) is 0 Å². The van der Waals surface area contributed by atoms with E-state index in [4.69, 9.17) is 8.85 Å². The Bertz CT molecular complexity index is 1310. The fraction of sp³-hybridized carbons (Fsp3) is 0.458. The number of aromatic nitrogens is 5. The second kappa shape index (κ2) is 8.12. The van der Waals surface area contributed by atoms with Gasteiger partial charge in [-0.05, 0) is 50.8 Å². The van der Waals surface area contributed by atoms with Gasteiger partial charge in [0, 0.05) is 29.8 Å². The molecule has 4 heterocycles. The second-order valence-corrected chi connectivity index (χ2v) is 9.64. The van der Waals surface area contributed by atoms with Crippen LogP contribution in [0.2, 0.25) is 0 Å². The quantitative estimate of drug-likeness (QED) is 0.583. The summed E-state index contributed by atoms with van der Waals surface area (Å²) in [6, 6.07) is 5.87. The van der Waals surface area contributed by atoms with E-state index in [9.17, 15) is 5.11 Å². The zero-order valence-electron chi connectivity index (χ0n) is 22.2. The molecule has 2 aromatic heterocycles. The van der Waals surface area contributed by atoms with Crippen LogP contribution in [0, 0.1) is 0 Å². The molecule has 3 aromatic rings. The molecule has 4 atom stereocenters. The van der Waals surface area contributed by atoms with Gasteiger partial charge in [-0.25, -0.2) is 9.37 Å². The number of halogens is 1. The Morgan fingerprint density at radius 3 is 2.76 bits per heavy atom.